The maximum atomic E-state index is 14.7. The molecule has 0 bridgehead atoms. The summed E-state index contributed by atoms with van der Waals surface area (Å²) in [6.07, 6.45) is 9.05. The zero-order chi connectivity index (χ0) is 36.3. The molecule has 1 saturated carbocycles. The molecule has 1 aliphatic heterocycles. The van der Waals surface area contributed by atoms with E-state index >= 15 is 0 Å². The fraction of sp³-hybridized carbons (Fsp3) is 0.512. The number of hydrogen-bond acceptors (Lipinski definition) is 6. The van der Waals surface area contributed by atoms with Crippen molar-refractivity contribution in [3.63, 3.8) is 0 Å². The number of thioether (sulfide) groups is 1. The van der Waals surface area contributed by atoms with Crippen molar-refractivity contribution in [3.05, 3.63) is 83.9 Å². The molecule has 1 aliphatic carbocycles. The summed E-state index contributed by atoms with van der Waals surface area (Å²) in [5.41, 5.74) is 6.83. The van der Waals surface area contributed by atoms with Gasteiger partial charge in [0.1, 0.15) is 6.04 Å². The highest BCUT2D eigenvalue weighted by atomic mass is 32.2. The van der Waals surface area contributed by atoms with Crippen molar-refractivity contribution in [3.8, 4) is 0 Å². The van der Waals surface area contributed by atoms with Gasteiger partial charge >= 0.3 is 0 Å². The fourth-order valence-electron chi connectivity index (χ4n) is 7.90. The summed E-state index contributed by atoms with van der Waals surface area (Å²) in [4.78, 5) is 57.3. The highest BCUT2D eigenvalue weighted by Crippen LogP contribution is 2.41. The molecular formula is C41H55N5O4S. The van der Waals surface area contributed by atoms with Gasteiger partial charge in [0.25, 0.3) is 0 Å². The Kier molecular flexibility index (Phi) is 13.6. The molecule has 2 aliphatic rings. The second-order valence-electron chi connectivity index (χ2n) is 14.4. The summed E-state index contributed by atoms with van der Waals surface area (Å²) in [7, 11) is 0. The first-order valence-corrected chi connectivity index (χ1v) is 19.9. The minimum absolute atomic E-state index is 0.00915. The van der Waals surface area contributed by atoms with Crippen LogP contribution in [0.2, 0.25) is 0 Å². The highest BCUT2D eigenvalue weighted by Gasteiger charge is 2.48. The Labute approximate surface area is 307 Å². The minimum Gasteiger partial charge on any atom is -0.356 e. The van der Waals surface area contributed by atoms with Crippen LogP contribution in [0.5, 0.6) is 0 Å². The zero-order valence-corrected chi connectivity index (χ0v) is 31.1. The Morgan fingerprint density at radius 3 is 2.43 bits per heavy atom. The Hall–Kier alpha value is -3.89. The third kappa shape index (κ3) is 9.71. The summed E-state index contributed by atoms with van der Waals surface area (Å²) >= 11 is 1.50. The lowest BCUT2D eigenvalue weighted by Gasteiger charge is -2.43. The predicted octanol–water partition coefficient (Wildman–Crippen LogP) is 5.14. The van der Waals surface area contributed by atoms with Crippen molar-refractivity contribution in [1.82, 2.24) is 20.9 Å². The normalized spacial score (nSPS) is 22.3. The van der Waals surface area contributed by atoms with Crippen LogP contribution < -0.4 is 21.7 Å². The number of fused-ring (bicyclic) bond motifs is 1. The lowest BCUT2D eigenvalue weighted by atomic mass is 9.74. The van der Waals surface area contributed by atoms with Crippen molar-refractivity contribution >= 4 is 46.2 Å². The monoisotopic (exact) mass is 713 g/mol. The Balaban J connectivity index is 1.37. The molecule has 10 heteroatoms. The smallest absolute Gasteiger partial charge is 0.245 e. The minimum atomic E-state index is -0.819. The first kappa shape index (κ1) is 38.3. The van der Waals surface area contributed by atoms with E-state index in [1.807, 2.05) is 66.6 Å². The molecule has 4 amide bonds. The van der Waals surface area contributed by atoms with Crippen molar-refractivity contribution in [2.24, 2.45) is 11.1 Å². The van der Waals surface area contributed by atoms with Crippen molar-refractivity contribution in [1.29, 1.82) is 0 Å². The van der Waals surface area contributed by atoms with E-state index in [-0.39, 0.29) is 36.2 Å². The van der Waals surface area contributed by atoms with E-state index in [0.29, 0.717) is 71.0 Å². The molecule has 5 N–H and O–H groups in total. The van der Waals surface area contributed by atoms with Gasteiger partial charge in [0, 0.05) is 38.5 Å². The highest BCUT2D eigenvalue weighted by molar-refractivity contribution is 8.00. The van der Waals surface area contributed by atoms with E-state index in [1.165, 1.54) is 11.8 Å². The Morgan fingerprint density at radius 2 is 1.69 bits per heavy atom. The molecule has 274 valence electrons. The zero-order valence-electron chi connectivity index (χ0n) is 30.3. The van der Waals surface area contributed by atoms with Gasteiger partial charge in [-0.05, 0) is 93.0 Å². The van der Waals surface area contributed by atoms with Gasteiger partial charge in [0.05, 0.1) is 10.2 Å². The molecule has 3 aromatic carbocycles. The van der Waals surface area contributed by atoms with E-state index in [1.54, 1.807) is 0 Å². The number of likely N-dealkylation sites (tertiary alicyclic amines) is 1. The molecule has 51 heavy (non-hydrogen) atoms. The largest absolute Gasteiger partial charge is 0.356 e. The molecule has 5 rings (SSSR count). The average molecular weight is 714 g/mol. The maximum absolute atomic E-state index is 14.7. The van der Waals surface area contributed by atoms with Crippen LogP contribution in [0.15, 0.2) is 72.8 Å². The number of unbranched alkanes of at least 4 members (excludes halogenated alkanes) is 2. The quantitative estimate of drug-likeness (QED) is 0.152. The second kappa shape index (κ2) is 18.0. The van der Waals surface area contributed by atoms with Gasteiger partial charge in [-0.25, -0.2) is 0 Å². The molecule has 3 unspecified atom stereocenters. The number of rotatable bonds is 16. The summed E-state index contributed by atoms with van der Waals surface area (Å²) in [6.45, 7) is 3.85. The van der Waals surface area contributed by atoms with E-state index < -0.39 is 16.2 Å². The van der Waals surface area contributed by atoms with Crippen LogP contribution in [0.4, 0.5) is 0 Å². The van der Waals surface area contributed by atoms with Crippen molar-refractivity contribution in [2.75, 3.05) is 32.4 Å². The molecule has 1 saturated heterocycles. The van der Waals surface area contributed by atoms with Crippen LogP contribution in [0.1, 0.15) is 75.8 Å². The number of benzene rings is 3. The van der Waals surface area contributed by atoms with Gasteiger partial charge in [-0.2, -0.15) is 0 Å². The molecule has 0 radical (unpaired) electrons. The van der Waals surface area contributed by atoms with Crippen LogP contribution >= 0.6 is 11.8 Å². The van der Waals surface area contributed by atoms with Gasteiger partial charge in [-0.3, -0.25) is 19.2 Å². The van der Waals surface area contributed by atoms with Gasteiger partial charge in [0.2, 0.25) is 23.6 Å². The maximum Gasteiger partial charge on any atom is 0.245 e. The first-order chi connectivity index (χ1) is 24.7. The van der Waals surface area contributed by atoms with E-state index in [9.17, 15) is 19.2 Å². The van der Waals surface area contributed by atoms with Crippen LogP contribution in [-0.2, 0) is 32.0 Å². The Bertz CT molecular complexity index is 1650. The third-order valence-corrected chi connectivity index (χ3v) is 12.0. The van der Waals surface area contributed by atoms with Gasteiger partial charge < -0.3 is 26.6 Å². The summed E-state index contributed by atoms with van der Waals surface area (Å²) in [5, 5.41) is 11.6. The molecular weight excluding hydrogens is 659 g/mol. The number of nitrogens with one attached hydrogen (secondary N) is 3. The average Bonchev–Trinajstić information content (AvgIpc) is 3.57. The summed E-state index contributed by atoms with van der Waals surface area (Å²) < 4.78 is -0.764. The molecule has 4 atom stereocenters. The van der Waals surface area contributed by atoms with E-state index in [4.69, 9.17) is 5.73 Å². The van der Waals surface area contributed by atoms with E-state index in [2.05, 4.69) is 40.2 Å². The van der Waals surface area contributed by atoms with Gasteiger partial charge in [0.15, 0.2) is 0 Å². The molecule has 9 nitrogen and oxygen atoms in total. The molecule has 0 spiro atoms. The second-order valence-corrected chi connectivity index (χ2v) is 15.6. The number of amides is 4. The number of nitrogens with two attached hydrogens (primary N) is 1. The SMILES string of the molecule is CCNC(=O)[C@]1(Cc2ccccc2)CCCN(C(=O)C(Cc2ccc3ccccc3c2)NC(=O)C2(SC)CCC(NC(=O)CCCCCN)C2)C1. The van der Waals surface area contributed by atoms with Crippen molar-refractivity contribution in [2.45, 2.75) is 94.4 Å². The number of carbonyl (C=O) groups is 4. The third-order valence-electron chi connectivity index (χ3n) is 10.7. The van der Waals surface area contributed by atoms with Crippen LogP contribution in [0.3, 0.4) is 0 Å². The number of nitrogens with zero attached hydrogens (tertiary/aromatic N) is 1. The predicted molar refractivity (Wildman–Crippen MR) is 206 cm³/mol. The lowest BCUT2D eigenvalue weighted by Crippen LogP contribution is -2.59. The Morgan fingerprint density at radius 1 is 0.922 bits per heavy atom. The number of piperidine rings is 1. The molecule has 1 heterocycles. The van der Waals surface area contributed by atoms with Crippen molar-refractivity contribution < 1.29 is 19.2 Å². The van der Waals surface area contributed by atoms with Crippen LogP contribution in [0, 0.1) is 5.41 Å². The lowest BCUT2D eigenvalue weighted by molar-refractivity contribution is -0.144. The van der Waals surface area contributed by atoms with E-state index in [0.717, 1.165) is 41.2 Å². The molecule has 2 fully saturated rings. The van der Waals surface area contributed by atoms with Crippen LogP contribution in [0.25, 0.3) is 10.8 Å². The topological polar surface area (TPSA) is 134 Å². The fourth-order valence-corrected chi connectivity index (χ4v) is 8.83. The van der Waals surface area contributed by atoms with Gasteiger partial charge in [-0.1, -0.05) is 79.2 Å². The number of hydrogen-bond donors (Lipinski definition) is 4. The summed E-state index contributed by atoms with van der Waals surface area (Å²) in [6, 6.07) is 23.3. The molecule has 3 aromatic rings. The first-order valence-electron chi connectivity index (χ1n) is 18.6. The standard InChI is InChI=1S/C41H55N5O4S/c1-3-43-38(49)40(27-30-13-6-4-7-14-30)21-12-24-46(29-40)37(48)35(26-31-18-19-32-15-9-10-16-33(32)25-31)45-39(50)41(51-2)22-20-34(28-41)44-36(47)17-8-5-11-23-42/h4,6-7,9-10,13-16,18-19,25,34-35H,3,5,8,11-12,17,20-24,26-29,42H2,1-2H3,(H,43,49)(H,44,47)(H,45,50)/t34?,35?,40-,41?/m0/s1. The summed E-state index contributed by atoms with van der Waals surface area (Å²) in [5.74, 6) is -0.379. The number of carbonyl (C=O) groups excluding carboxylic acids is 4. The van der Waals surface area contributed by atoms with Crippen LogP contribution in [-0.4, -0.2) is 77.8 Å². The molecule has 0 aromatic heterocycles. The van der Waals surface area contributed by atoms with Gasteiger partial charge in [-0.15, -0.1) is 11.8 Å².